The fourth-order valence-corrected chi connectivity index (χ4v) is 2.10. The minimum atomic E-state index is -0.125. The first-order valence-corrected chi connectivity index (χ1v) is 6.72. The molecule has 20 heavy (non-hydrogen) atoms. The number of rotatable bonds is 4. The normalized spacial score (nSPS) is 10.2. The smallest absolute Gasteiger partial charge is 0.244 e. The molecule has 0 aromatic heterocycles. The summed E-state index contributed by atoms with van der Waals surface area (Å²) in [4.78, 5) is 12.0. The Balaban J connectivity index is 2.31. The Bertz CT molecular complexity index is 544. The Labute approximate surface area is 120 Å². The summed E-state index contributed by atoms with van der Waals surface area (Å²) in [5.41, 5.74) is 3.14. The van der Waals surface area contributed by atoms with Crippen LogP contribution in [0.1, 0.15) is 31.0 Å². The van der Waals surface area contributed by atoms with Gasteiger partial charge in [-0.15, -0.1) is 0 Å². The maximum atomic E-state index is 12.0. The molecule has 0 aliphatic heterocycles. The third-order valence-electron chi connectivity index (χ3n) is 2.97. The fourth-order valence-electron chi connectivity index (χ4n) is 2.10. The van der Waals surface area contributed by atoms with Gasteiger partial charge in [-0.25, -0.2) is 0 Å². The summed E-state index contributed by atoms with van der Waals surface area (Å²) >= 11 is 0. The standard InChI is InChI=1S/C18H19NO/c1-14(2)13-17(20)19-18(15-9-5-3-6-10-15)16-11-7-4-8-12-16/h3-13,18H,1-2H3,(H,19,20). The lowest BCUT2D eigenvalue weighted by Gasteiger charge is -2.19. The second kappa shape index (κ2) is 6.71. The first-order valence-electron chi connectivity index (χ1n) is 6.72. The Kier molecular flexibility index (Phi) is 4.72. The lowest BCUT2D eigenvalue weighted by Crippen LogP contribution is -2.27. The SMILES string of the molecule is CC(C)=CC(=O)NC(c1ccccc1)c1ccccc1. The minimum Gasteiger partial charge on any atom is -0.342 e. The highest BCUT2D eigenvalue weighted by molar-refractivity contribution is 5.88. The van der Waals surface area contributed by atoms with Gasteiger partial charge in [-0.05, 0) is 25.0 Å². The van der Waals surface area contributed by atoms with E-state index in [-0.39, 0.29) is 11.9 Å². The van der Waals surface area contributed by atoms with E-state index in [0.717, 1.165) is 16.7 Å². The molecule has 2 rings (SSSR count). The largest absolute Gasteiger partial charge is 0.342 e. The van der Waals surface area contributed by atoms with Crippen molar-refractivity contribution in [3.63, 3.8) is 0 Å². The summed E-state index contributed by atoms with van der Waals surface area (Å²) in [5, 5.41) is 3.07. The zero-order valence-corrected chi connectivity index (χ0v) is 11.8. The van der Waals surface area contributed by atoms with Crippen LogP contribution < -0.4 is 5.32 Å². The fraction of sp³-hybridized carbons (Fsp3) is 0.167. The van der Waals surface area contributed by atoms with Crippen LogP contribution in [0.25, 0.3) is 0 Å². The van der Waals surface area contributed by atoms with Gasteiger partial charge in [-0.1, -0.05) is 66.2 Å². The first kappa shape index (κ1) is 14.1. The number of carbonyl (C=O) groups excluding carboxylic acids is 1. The van der Waals surface area contributed by atoms with Crippen LogP contribution in [0.4, 0.5) is 0 Å². The monoisotopic (exact) mass is 265 g/mol. The summed E-state index contributed by atoms with van der Waals surface area (Å²) < 4.78 is 0. The predicted molar refractivity (Wildman–Crippen MR) is 82.3 cm³/mol. The molecule has 2 heteroatoms. The van der Waals surface area contributed by atoms with Crippen LogP contribution >= 0.6 is 0 Å². The third-order valence-corrected chi connectivity index (χ3v) is 2.97. The number of allylic oxidation sites excluding steroid dienone is 1. The molecule has 0 saturated carbocycles. The Morgan fingerprint density at radius 1 is 0.900 bits per heavy atom. The molecule has 0 aliphatic rings. The average Bonchev–Trinajstić information content (AvgIpc) is 2.46. The molecule has 2 nitrogen and oxygen atoms in total. The van der Waals surface area contributed by atoms with Gasteiger partial charge in [-0.3, -0.25) is 4.79 Å². The van der Waals surface area contributed by atoms with E-state index in [1.165, 1.54) is 0 Å². The zero-order valence-electron chi connectivity index (χ0n) is 11.8. The molecule has 0 radical (unpaired) electrons. The van der Waals surface area contributed by atoms with Gasteiger partial charge in [0.25, 0.3) is 0 Å². The average molecular weight is 265 g/mol. The number of hydrogen-bond acceptors (Lipinski definition) is 1. The maximum Gasteiger partial charge on any atom is 0.244 e. The van der Waals surface area contributed by atoms with Crippen molar-refractivity contribution >= 4 is 5.91 Å². The van der Waals surface area contributed by atoms with Crippen molar-refractivity contribution in [3.05, 3.63) is 83.4 Å². The van der Waals surface area contributed by atoms with Crippen molar-refractivity contribution in [1.82, 2.24) is 5.32 Å². The quantitative estimate of drug-likeness (QED) is 0.836. The molecule has 1 amide bonds. The summed E-state index contributed by atoms with van der Waals surface area (Å²) in [7, 11) is 0. The highest BCUT2D eigenvalue weighted by Crippen LogP contribution is 2.21. The van der Waals surface area contributed by atoms with E-state index in [9.17, 15) is 4.79 Å². The topological polar surface area (TPSA) is 29.1 Å². The van der Waals surface area contributed by atoms with Gasteiger partial charge in [0.2, 0.25) is 5.91 Å². The van der Waals surface area contributed by atoms with Crippen molar-refractivity contribution in [2.45, 2.75) is 19.9 Å². The van der Waals surface area contributed by atoms with Crippen LogP contribution in [0, 0.1) is 0 Å². The third kappa shape index (κ3) is 3.82. The summed E-state index contributed by atoms with van der Waals surface area (Å²) in [6.07, 6.45) is 1.62. The molecule has 102 valence electrons. The van der Waals surface area contributed by atoms with Gasteiger partial charge in [0, 0.05) is 6.08 Å². The highest BCUT2D eigenvalue weighted by Gasteiger charge is 2.15. The number of amides is 1. The van der Waals surface area contributed by atoms with Crippen molar-refractivity contribution < 1.29 is 4.79 Å². The molecule has 2 aromatic rings. The van der Waals surface area contributed by atoms with Crippen LogP contribution in [0.15, 0.2) is 72.3 Å². The molecule has 2 aromatic carbocycles. The van der Waals surface area contributed by atoms with Gasteiger partial charge in [-0.2, -0.15) is 0 Å². The minimum absolute atomic E-state index is 0.0669. The van der Waals surface area contributed by atoms with Crippen molar-refractivity contribution in [3.8, 4) is 0 Å². The van der Waals surface area contributed by atoms with E-state index in [1.807, 2.05) is 74.5 Å². The molecule has 0 saturated heterocycles. The van der Waals surface area contributed by atoms with E-state index in [2.05, 4.69) is 5.32 Å². The van der Waals surface area contributed by atoms with E-state index < -0.39 is 0 Å². The van der Waals surface area contributed by atoms with E-state index in [1.54, 1.807) is 6.08 Å². The highest BCUT2D eigenvalue weighted by atomic mass is 16.1. The molecule has 0 unspecified atom stereocenters. The van der Waals surface area contributed by atoms with Crippen LogP contribution in [0.3, 0.4) is 0 Å². The van der Waals surface area contributed by atoms with Crippen LogP contribution in [0.5, 0.6) is 0 Å². The summed E-state index contributed by atoms with van der Waals surface area (Å²) in [5.74, 6) is -0.0669. The molecule has 1 N–H and O–H groups in total. The lowest BCUT2D eigenvalue weighted by molar-refractivity contribution is -0.117. The molecule has 0 spiro atoms. The second-order valence-corrected chi connectivity index (χ2v) is 4.98. The second-order valence-electron chi connectivity index (χ2n) is 4.98. The molecule has 0 aliphatic carbocycles. The van der Waals surface area contributed by atoms with Crippen LogP contribution in [-0.4, -0.2) is 5.91 Å². The Morgan fingerprint density at radius 3 is 1.75 bits per heavy atom. The number of nitrogens with one attached hydrogen (secondary N) is 1. The van der Waals surface area contributed by atoms with Crippen molar-refractivity contribution in [2.75, 3.05) is 0 Å². The van der Waals surface area contributed by atoms with Crippen LogP contribution in [-0.2, 0) is 4.79 Å². The molecular weight excluding hydrogens is 246 g/mol. The van der Waals surface area contributed by atoms with Gasteiger partial charge in [0.05, 0.1) is 6.04 Å². The van der Waals surface area contributed by atoms with E-state index in [0.29, 0.717) is 0 Å². The molecule has 0 atom stereocenters. The number of benzene rings is 2. The van der Waals surface area contributed by atoms with Gasteiger partial charge >= 0.3 is 0 Å². The predicted octanol–water partition coefficient (Wildman–Crippen LogP) is 3.86. The zero-order chi connectivity index (χ0) is 14.4. The van der Waals surface area contributed by atoms with E-state index >= 15 is 0 Å². The van der Waals surface area contributed by atoms with E-state index in [4.69, 9.17) is 0 Å². The molecule has 0 bridgehead atoms. The lowest BCUT2D eigenvalue weighted by atomic mass is 9.98. The van der Waals surface area contributed by atoms with Crippen molar-refractivity contribution in [2.24, 2.45) is 0 Å². The Hall–Kier alpha value is -2.35. The number of hydrogen-bond donors (Lipinski definition) is 1. The van der Waals surface area contributed by atoms with Crippen LogP contribution in [0.2, 0.25) is 0 Å². The Morgan fingerprint density at radius 2 is 1.35 bits per heavy atom. The molecular formula is C18H19NO. The maximum absolute atomic E-state index is 12.0. The number of carbonyl (C=O) groups is 1. The first-order chi connectivity index (χ1) is 9.66. The van der Waals surface area contributed by atoms with Crippen molar-refractivity contribution in [1.29, 1.82) is 0 Å². The summed E-state index contributed by atoms with van der Waals surface area (Å²) in [6.45, 7) is 3.83. The van der Waals surface area contributed by atoms with Gasteiger partial charge in [0.1, 0.15) is 0 Å². The summed E-state index contributed by atoms with van der Waals surface area (Å²) in [6, 6.07) is 19.9. The molecule has 0 fully saturated rings. The van der Waals surface area contributed by atoms with Gasteiger partial charge in [0.15, 0.2) is 0 Å². The molecule has 0 heterocycles. The van der Waals surface area contributed by atoms with Gasteiger partial charge < -0.3 is 5.32 Å².